The first kappa shape index (κ1) is 41.7. The summed E-state index contributed by atoms with van der Waals surface area (Å²) < 4.78 is 21.3. The van der Waals surface area contributed by atoms with Gasteiger partial charge in [0.15, 0.2) is 0 Å². The van der Waals surface area contributed by atoms with Crippen LogP contribution in [0.4, 0.5) is 0 Å². The number of ether oxygens (including phenoxy) is 4. The predicted octanol–water partition coefficient (Wildman–Crippen LogP) is 6.09. The van der Waals surface area contributed by atoms with Gasteiger partial charge >= 0.3 is 17.9 Å². The van der Waals surface area contributed by atoms with Gasteiger partial charge in [0.2, 0.25) is 0 Å². The summed E-state index contributed by atoms with van der Waals surface area (Å²) in [5.41, 5.74) is -1.32. The molecule has 0 aromatic heterocycles. The summed E-state index contributed by atoms with van der Waals surface area (Å²) in [4.78, 5) is 48.5. The van der Waals surface area contributed by atoms with Gasteiger partial charge < -0.3 is 18.9 Å². The van der Waals surface area contributed by atoms with Gasteiger partial charge in [-0.25, -0.2) is 4.79 Å². The second kappa shape index (κ2) is 30.7. The van der Waals surface area contributed by atoms with Crippen LogP contribution < -0.4 is 0 Å². The third-order valence-electron chi connectivity index (χ3n) is 6.74. The van der Waals surface area contributed by atoms with Crippen molar-refractivity contribution >= 4 is 24.4 Å². The number of rotatable bonds is 25. The standard InChI is InChI=1S/C38H50O8/c1-4-7-10-13-16-17-20-23-26-29-37(42)46-33-38(30-43-34-39,31-44-35(40)27-24-21-18-14-11-8-5-2)32-45-36(41)28-25-22-19-15-12-9-6-3/h34H,5-6,8-9,11-12,14-15,18-19,21-22,24-25,27-28,30-33H2,1-3H3. The van der Waals surface area contributed by atoms with E-state index in [2.05, 4.69) is 73.1 Å². The number of carbonyl (C=O) groups is 4. The average Bonchev–Trinajstić information content (AvgIpc) is 3.06. The van der Waals surface area contributed by atoms with Gasteiger partial charge in [-0.2, -0.15) is 0 Å². The zero-order valence-electron chi connectivity index (χ0n) is 28.0. The van der Waals surface area contributed by atoms with Crippen molar-refractivity contribution in [2.24, 2.45) is 5.41 Å². The fourth-order valence-electron chi connectivity index (χ4n) is 4.11. The monoisotopic (exact) mass is 634 g/mol. The Kier molecular flexibility index (Phi) is 27.8. The van der Waals surface area contributed by atoms with Gasteiger partial charge in [0, 0.05) is 18.8 Å². The van der Waals surface area contributed by atoms with Crippen LogP contribution >= 0.6 is 0 Å². The molecule has 0 saturated heterocycles. The van der Waals surface area contributed by atoms with E-state index in [0.29, 0.717) is 12.8 Å². The second-order valence-electron chi connectivity index (χ2n) is 10.9. The van der Waals surface area contributed by atoms with Crippen molar-refractivity contribution in [3.8, 4) is 59.2 Å². The summed E-state index contributed by atoms with van der Waals surface area (Å²) in [6.07, 6.45) is 15.2. The molecule has 250 valence electrons. The minimum atomic E-state index is -1.32. The Morgan fingerprint density at radius 1 is 0.543 bits per heavy atom. The SMILES string of the molecule is CC#CC#CC#CC#CC#CC(=O)OCC(COC=O)(COC(=O)CCCCCCCCC)COC(=O)CCCCCCCCC. The maximum atomic E-state index is 12.5. The maximum Gasteiger partial charge on any atom is 0.385 e. The lowest BCUT2D eigenvalue weighted by Crippen LogP contribution is -2.43. The normalized spacial score (nSPS) is 9.54. The topological polar surface area (TPSA) is 105 Å². The highest BCUT2D eigenvalue weighted by molar-refractivity contribution is 5.89. The van der Waals surface area contributed by atoms with E-state index in [1.54, 1.807) is 6.92 Å². The van der Waals surface area contributed by atoms with Crippen LogP contribution in [-0.4, -0.2) is 50.8 Å². The molecule has 0 aliphatic rings. The first-order chi connectivity index (χ1) is 22.4. The van der Waals surface area contributed by atoms with E-state index in [4.69, 9.17) is 18.9 Å². The van der Waals surface area contributed by atoms with Crippen LogP contribution in [-0.2, 0) is 38.1 Å². The van der Waals surface area contributed by atoms with Gasteiger partial charge in [0.05, 0.1) is 0 Å². The Morgan fingerprint density at radius 3 is 1.41 bits per heavy atom. The average molecular weight is 635 g/mol. The van der Waals surface area contributed by atoms with Gasteiger partial charge in [0.25, 0.3) is 6.47 Å². The molecule has 0 saturated carbocycles. The lowest BCUT2D eigenvalue weighted by atomic mass is 9.92. The van der Waals surface area contributed by atoms with Gasteiger partial charge in [-0.05, 0) is 67.1 Å². The molecule has 0 aromatic carbocycles. The molecule has 8 heteroatoms. The van der Waals surface area contributed by atoms with Gasteiger partial charge in [-0.3, -0.25) is 14.4 Å². The smallest absolute Gasteiger partial charge is 0.385 e. The van der Waals surface area contributed by atoms with E-state index in [-0.39, 0.29) is 45.7 Å². The largest absolute Gasteiger partial charge is 0.467 e. The fourth-order valence-corrected chi connectivity index (χ4v) is 4.11. The van der Waals surface area contributed by atoms with Crippen molar-refractivity contribution in [3.05, 3.63) is 0 Å². The molecule has 0 atom stereocenters. The molecule has 8 nitrogen and oxygen atoms in total. The molecule has 0 heterocycles. The van der Waals surface area contributed by atoms with Crippen molar-refractivity contribution in [2.45, 2.75) is 124 Å². The molecule has 0 rings (SSSR count). The molecular formula is C38H50O8. The molecule has 0 spiro atoms. The molecule has 0 N–H and O–H groups in total. The van der Waals surface area contributed by atoms with Gasteiger partial charge in [-0.1, -0.05) is 96.8 Å². The van der Waals surface area contributed by atoms with E-state index in [9.17, 15) is 19.2 Å². The second-order valence-corrected chi connectivity index (χ2v) is 10.9. The quantitative estimate of drug-likeness (QED) is 0.0297. The minimum absolute atomic E-state index is 0.223. The Labute approximate surface area is 276 Å². The van der Waals surface area contributed by atoms with Crippen molar-refractivity contribution < 1.29 is 38.1 Å². The summed E-state index contributed by atoms with van der Waals surface area (Å²) in [5, 5.41) is 0. The molecule has 0 unspecified atom stereocenters. The Bertz CT molecular complexity index is 1170. The Morgan fingerprint density at radius 2 is 0.957 bits per heavy atom. The van der Waals surface area contributed by atoms with Crippen LogP contribution in [0.2, 0.25) is 0 Å². The Balaban J connectivity index is 5.30. The molecule has 0 radical (unpaired) electrons. The fraction of sp³-hybridized carbons (Fsp3) is 0.632. The van der Waals surface area contributed by atoms with Crippen LogP contribution in [0, 0.1) is 64.6 Å². The third-order valence-corrected chi connectivity index (χ3v) is 6.74. The zero-order chi connectivity index (χ0) is 34.0. The van der Waals surface area contributed by atoms with E-state index in [1.165, 1.54) is 38.5 Å². The summed E-state index contributed by atoms with van der Waals surface area (Å²) in [6, 6.07) is 0. The number of hydrogen-bond donors (Lipinski definition) is 0. The zero-order valence-corrected chi connectivity index (χ0v) is 28.0. The van der Waals surface area contributed by atoms with Crippen molar-refractivity contribution in [1.29, 1.82) is 0 Å². The number of esters is 3. The van der Waals surface area contributed by atoms with E-state index in [0.717, 1.165) is 38.5 Å². The summed E-state index contributed by atoms with van der Waals surface area (Å²) in [6.45, 7) is 4.93. The number of hydrogen-bond acceptors (Lipinski definition) is 8. The highest BCUT2D eigenvalue weighted by Crippen LogP contribution is 2.22. The van der Waals surface area contributed by atoms with Crippen LogP contribution in [0.3, 0.4) is 0 Å². The lowest BCUT2D eigenvalue weighted by Gasteiger charge is -2.30. The molecule has 0 aliphatic carbocycles. The van der Waals surface area contributed by atoms with Gasteiger partial charge in [0.1, 0.15) is 31.8 Å². The maximum absolute atomic E-state index is 12.5. The van der Waals surface area contributed by atoms with E-state index in [1.807, 2.05) is 0 Å². The third kappa shape index (κ3) is 26.1. The van der Waals surface area contributed by atoms with E-state index < -0.39 is 23.3 Å². The van der Waals surface area contributed by atoms with Crippen molar-refractivity contribution in [2.75, 3.05) is 26.4 Å². The highest BCUT2D eigenvalue weighted by Gasteiger charge is 2.37. The molecule has 0 aromatic rings. The number of unbranched alkanes of at least 4 members (excludes halogenated alkanes) is 12. The first-order valence-corrected chi connectivity index (χ1v) is 16.4. The number of carbonyl (C=O) groups excluding carboxylic acids is 4. The molecule has 0 amide bonds. The molecular weight excluding hydrogens is 584 g/mol. The predicted molar refractivity (Wildman–Crippen MR) is 177 cm³/mol. The van der Waals surface area contributed by atoms with Gasteiger partial charge in [-0.15, -0.1) is 0 Å². The van der Waals surface area contributed by atoms with Crippen LogP contribution in [0.25, 0.3) is 0 Å². The van der Waals surface area contributed by atoms with E-state index >= 15 is 0 Å². The minimum Gasteiger partial charge on any atom is -0.467 e. The van der Waals surface area contributed by atoms with Crippen LogP contribution in [0.5, 0.6) is 0 Å². The Hall–Kier alpha value is -4.32. The van der Waals surface area contributed by atoms with Crippen molar-refractivity contribution in [1.82, 2.24) is 0 Å². The molecule has 0 aliphatic heterocycles. The van der Waals surface area contributed by atoms with Crippen LogP contribution in [0.15, 0.2) is 0 Å². The summed E-state index contributed by atoms with van der Waals surface area (Å²) in [5.74, 6) is 22.7. The first-order valence-electron chi connectivity index (χ1n) is 16.4. The lowest BCUT2D eigenvalue weighted by molar-refractivity contribution is -0.166. The summed E-state index contributed by atoms with van der Waals surface area (Å²) >= 11 is 0. The molecule has 46 heavy (non-hydrogen) atoms. The molecule has 0 fully saturated rings. The summed E-state index contributed by atoms with van der Waals surface area (Å²) in [7, 11) is 0. The van der Waals surface area contributed by atoms with Crippen molar-refractivity contribution in [3.63, 3.8) is 0 Å². The molecule has 0 bridgehead atoms. The highest BCUT2D eigenvalue weighted by atomic mass is 16.6. The van der Waals surface area contributed by atoms with Crippen LogP contribution in [0.1, 0.15) is 124 Å².